The SMILES string of the molecule is COCCCCCNC(=O)CC1COCCN1. The van der Waals surface area contributed by atoms with Crippen molar-refractivity contribution >= 4 is 5.91 Å². The molecule has 1 atom stereocenters. The van der Waals surface area contributed by atoms with Gasteiger partial charge in [-0.2, -0.15) is 0 Å². The molecule has 1 aliphatic rings. The van der Waals surface area contributed by atoms with Gasteiger partial charge in [-0.05, 0) is 19.3 Å². The topological polar surface area (TPSA) is 59.6 Å². The average Bonchev–Trinajstić information content (AvgIpc) is 2.35. The lowest BCUT2D eigenvalue weighted by molar-refractivity contribution is -0.122. The molecule has 0 aliphatic carbocycles. The summed E-state index contributed by atoms with van der Waals surface area (Å²) in [4.78, 5) is 11.6. The van der Waals surface area contributed by atoms with E-state index in [4.69, 9.17) is 9.47 Å². The van der Waals surface area contributed by atoms with Gasteiger partial charge in [-0.25, -0.2) is 0 Å². The average molecular weight is 244 g/mol. The van der Waals surface area contributed by atoms with E-state index in [1.54, 1.807) is 7.11 Å². The second-order valence-electron chi connectivity index (χ2n) is 4.33. The Kier molecular flexibility index (Phi) is 7.96. The van der Waals surface area contributed by atoms with E-state index in [1.165, 1.54) is 0 Å². The first-order valence-electron chi connectivity index (χ1n) is 6.39. The van der Waals surface area contributed by atoms with Gasteiger partial charge < -0.3 is 20.1 Å². The van der Waals surface area contributed by atoms with E-state index in [-0.39, 0.29) is 11.9 Å². The van der Waals surface area contributed by atoms with Crippen molar-refractivity contribution in [3.05, 3.63) is 0 Å². The highest BCUT2D eigenvalue weighted by molar-refractivity contribution is 5.76. The van der Waals surface area contributed by atoms with Crippen LogP contribution in [0.5, 0.6) is 0 Å². The van der Waals surface area contributed by atoms with E-state index in [1.807, 2.05) is 0 Å². The number of hydrogen-bond acceptors (Lipinski definition) is 4. The molecular weight excluding hydrogens is 220 g/mol. The molecule has 5 nitrogen and oxygen atoms in total. The summed E-state index contributed by atoms with van der Waals surface area (Å²) in [5.74, 6) is 0.111. The standard InChI is InChI=1S/C12H24N2O3/c1-16-7-4-2-3-5-14-12(15)9-11-10-17-8-6-13-11/h11,13H,2-10H2,1H3,(H,14,15). The Labute approximate surface area is 103 Å². The smallest absolute Gasteiger partial charge is 0.221 e. The molecule has 1 saturated heterocycles. The molecule has 100 valence electrons. The number of hydrogen-bond donors (Lipinski definition) is 2. The van der Waals surface area contributed by atoms with Crippen LogP contribution in [0.15, 0.2) is 0 Å². The molecule has 1 heterocycles. The molecule has 1 rings (SSSR count). The van der Waals surface area contributed by atoms with Crippen LogP contribution in [0.25, 0.3) is 0 Å². The molecule has 0 spiro atoms. The highest BCUT2D eigenvalue weighted by atomic mass is 16.5. The first-order valence-corrected chi connectivity index (χ1v) is 6.39. The molecule has 0 radical (unpaired) electrons. The van der Waals surface area contributed by atoms with Crippen LogP contribution in [0.3, 0.4) is 0 Å². The largest absolute Gasteiger partial charge is 0.385 e. The van der Waals surface area contributed by atoms with Crippen molar-refractivity contribution in [3.63, 3.8) is 0 Å². The Morgan fingerprint density at radius 1 is 1.47 bits per heavy atom. The quantitative estimate of drug-likeness (QED) is 0.603. The van der Waals surface area contributed by atoms with Crippen LogP contribution in [-0.2, 0) is 14.3 Å². The maximum absolute atomic E-state index is 11.6. The lowest BCUT2D eigenvalue weighted by atomic mass is 10.2. The summed E-state index contributed by atoms with van der Waals surface area (Å²) in [7, 11) is 1.71. The Balaban J connectivity index is 1.93. The van der Waals surface area contributed by atoms with Gasteiger partial charge in [0.25, 0.3) is 0 Å². The molecule has 1 fully saturated rings. The van der Waals surface area contributed by atoms with E-state index < -0.39 is 0 Å². The summed E-state index contributed by atoms with van der Waals surface area (Å²) in [6, 6.07) is 0.178. The molecule has 17 heavy (non-hydrogen) atoms. The van der Waals surface area contributed by atoms with Crippen LogP contribution in [-0.4, -0.2) is 52.0 Å². The lowest BCUT2D eigenvalue weighted by Gasteiger charge is -2.23. The first-order chi connectivity index (χ1) is 8.33. The zero-order valence-corrected chi connectivity index (χ0v) is 10.7. The Hall–Kier alpha value is -0.650. The van der Waals surface area contributed by atoms with Gasteiger partial charge in [-0.3, -0.25) is 4.79 Å². The van der Waals surface area contributed by atoms with E-state index in [2.05, 4.69) is 10.6 Å². The molecule has 5 heteroatoms. The molecule has 0 bridgehead atoms. The summed E-state index contributed by atoms with van der Waals surface area (Å²) < 4.78 is 10.3. The Bertz CT molecular complexity index is 206. The Morgan fingerprint density at radius 2 is 2.35 bits per heavy atom. The van der Waals surface area contributed by atoms with Crippen molar-refractivity contribution in [3.8, 4) is 0 Å². The van der Waals surface area contributed by atoms with Crippen molar-refractivity contribution in [1.82, 2.24) is 10.6 Å². The van der Waals surface area contributed by atoms with Crippen LogP contribution >= 0.6 is 0 Å². The minimum absolute atomic E-state index is 0.111. The molecule has 0 saturated carbocycles. The monoisotopic (exact) mass is 244 g/mol. The third-order valence-corrected chi connectivity index (χ3v) is 2.78. The van der Waals surface area contributed by atoms with Crippen LogP contribution < -0.4 is 10.6 Å². The number of rotatable bonds is 8. The number of nitrogens with one attached hydrogen (secondary N) is 2. The fourth-order valence-electron chi connectivity index (χ4n) is 1.82. The highest BCUT2D eigenvalue weighted by Gasteiger charge is 2.16. The molecule has 1 aliphatic heterocycles. The van der Waals surface area contributed by atoms with Gasteiger partial charge in [-0.15, -0.1) is 0 Å². The Morgan fingerprint density at radius 3 is 3.06 bits per heavy atom. The number of methoxy groups -OCH3 is 1. The van der Waals surface area contributed by atoms with E-state index >= 15 is 0 Å². The van der Waals surface area contributed by atoms with Gasteiger partial charge in [0, 0.05) is 39.3 Å². The minimum Gasteiger partial charge on any atom is -0.385 e. The van der Waals surface area contributed by atoms with Gasteiger partial charge >= 0.3 is 0 Å². The van der Waals surface area contributed by atoms with Crippen LogP contribution in [0.4, 0.5) is 0 Å². The minimum atomic E-state index is 0.111. The number of carbonyl (C=O) groups excluding carboxylic acids is 1. The third kappa shape index (κ3) is 7.31. The van der Waals surface area contributed by atoms with Gasteiger partial charge in [0.2, 0.25) is 5.91 Å². The van der Waals surface area contributed by atoms with Gasteiger partial charge in [-0.1, -0.05) is 0 Å². The molecule has 1 amide bonds. The maximum Gasteiger partial charge on any atom is 0.221 e. The number of carbonyl (C=O) groups is 1. The van der Waals surface area contributed by atoms with Crippen molar-refractivity contribution in [1.29, 1.82) is 0 Å². The second-order valence-corrected chi connectivity index (χ2v) is 4.33. The van der Waals surface area contributed by atoms with E-state index in [0.29, 0.717) is 13.0 Å². The highest BCUT2D eigenvalue weighted by Crippen LogP contribution is 1.99. The van der Waals surface area contributed by atoms with Crippen LogP contribution in [0, 0.1) is 0 Å². The first kappa shape index (κ1) is 14.4. The fraction of sp³-hybridized carbons (Fsp3) is 0.917. The summed E-state index contributed by atoms with van der Waals surface area (Å²) >= 11 is 0. The number of unbranched alkanes of at least 4 members (excludes halogenated alkanes) is 2. The summed E-state index contributed by atoms with van der Waals surface area (Å²) in [6.07, 6.45) is 3.69. The maximum atomic E-state index is 11.6. The normalized spacial score (nSPS) is 20.2. The molecular formula is C12H24N2O3. The molecule has 1 unspecified atom stereocenters. The molecule has 0 aromatic heterocycles. The molecule has 0 aromatic carbocycles. The molecule has 0 aromatic rings. The van der Waals surface area contributed by atoms with Gasteiger partial charge in [0.15, 0.2) is 0 Å². The summed E-state index contributed by atoms with van der Waals surface area (Å²) in [5, 5.41) is 6.20. The van der Waals surface area contributed by atoms with Crippen molar-refractivity contribution in [2.75, 3.05) is 40.0 Å². The number of amides is 1. The van der Waals surface area contributed by atoms with Gasteiger partial charge in [0.1, 0.15) is 0 Å². The van der Waals surface area contributed by atoms with Crippen molar-refractivity contribution in [2.45, 2.75) is 31.7 Å². The van der Waals surface area contributed by atoms with E-state index in [0.717, 1.165) is 45.6 Å². The lowest BCUT2D eigenvalue weighted by Crippen LogP contribution is -2.44. The zero-order valence-electron chi connectivity index (χ0n) is 10.7. The third-order valence-electron chi connectivity index (χ3n) is 2.78. The van der Waals surface area contributed by atoms with Gasteiger partial charge in [0.05, 0.1) is 13.2 Å². The van der Waals surface area contributed by atoms with Crippen molar-refractivity contribution in [2.24, 2.45) is 0 Å². The van der Waals surface area contributed by atoms with Crippen LogP contribution in [0.1, 0.15) is 25.7 Å². The summed E-state index contributed by atoms with van der Waals surface area (Å²) in [6.45, 7) is 3.79. The van der Waals surface area contributed by atoms with Crippen molar-refractivity contribution < 1.29 is 14.3 Å². The van der Waals surface area contributed by atoms with E-state index in [9.17, 15) is 4.79 Å². The fourth-order valence-corrected chi connectivity index (χ4v) is 1.82. The number of ether oxygens (including phenoxy) is 2. The number of morpholine rings is 1. The van der Waals surface area contributed by atoms with Crippen LogP contribution in [0.2, 0.25) is 0 Å². The second kappa shape index (κ2) is 9.39. The molecule has 2 N–H and O–H groups in total. The predicted octanol–water partition coefficient (Wildman–Crippen LogP) is 0.298. The predicted molar refractivity (Wildman–Crippen MR) is 66.0 cm³/mol. The summed E-state index contributed by atoms with van der Waals surface area (Å²) in [5.41, 5.74) is 0. The zero-order chi connectivity index (χ0) is 12.3.